The molecule has 0 bridgehead atoms. The molecule has 4 rings (SSSR count). The summed E-state index contributed by atoms with van der Waals surface area (Å²) in [6.45, 7) is 24.6. The van der Waals surface area contributed by atoms with Crippen LogP contribution in [0.2, 0.25) is 0 Å². The highest BCUT2D eigenvalue weighted by atomic mass is 16.7. The molecule has 0 aliphatic rings. The molecule has 0 aliphatic heterocycles. The van der Waals surface area contributed by atoms with Crippen molar-refractivity contribution >= 4 is 0 Å². The number of rotatable bonds is 13. The molecule has 0 spiro atoms. The summed E-state index contributed by atoms with van der Waals surface area (Å²) in [5, 5.41) is 59.0. The van der Waals surface area contributed by atoms with Gasteiger partial charge in [0.1, 0.15) is 5.75 Å². The van der Waals surface area contributed by atoms with E-state index >= 15 is 0 Å². The molecule has 0 fully saturated rings. The van der Waals surface area contributed by atoms with E-state index in [1.165, 1.54) is 0 Å². The highest BCUT2D eigenvalue weighted by molar-refractivity contribution is 5.60. The third-order valence-corrected chi connectivity index (χ3v) is 9.72. The van der Waals surface area contributed by atoms with Gasteiger partial charge in [0, 0.05) is 19.8 Å². The van der Waals surface area contributed by atoms with Crippen LogP contribution in [0.1, 0.15) is 153 Å². The molecule has 1 atom stereocenters. The van der Waals surface area contributed by atoms with E-state index in [4.69, 9.17) is 9.47 Å². The van der Waals surface area contributed by atoms with Gasteiger partial charge in [0.05, 0.1) is 33.6 Å². The minimum atomic E-state index is -1.44. The number of para-hydroxylation sites is 1. The number of hydrogen-bond acceptors (Lipinski definition) is 7. The Balaban J connectivity index is 2.27. The smallest absolute Gasteiger partial charge is 0.205 e. The van der Waals surface area contributed by atoms with E-state index < -0.39 is 45.3 Å². The quantitative estimate of drug-likeness (QED) is 0.0689. The summed E-state index contributed by atoms with van der Waals surface area (Å²) in [7, 11) is 0. The number of ether oxygens (including phenoxy) is 2. The van der Waals surface area contributed by atoms with Crippen LogP contribution < -0.4 is 4.74 Å². The molecule has 0 radical (unpaired) electrons. The number of hydrogen-bond donors (Lipinski definition) is 5. The maximum Gasteiger partial charge on any atom is 0.205 e. The van der Waals surface area contributed by atoms with Crippen molar-refractivity contribution in [2.24, 2.45) is 0 Å². The Morgan fingerprint density at radius 1 is 0.434 bits per heavy atom. The van der Waals surface area contributed by atoms with Gasteiger partial charge in [-0.15, -0.1) is 0 Å². The van der Waals surface area contributed by atoms with Gasteiger partial charge in [-0.1, -0.05) is 48.5 Å². The maximum atomic E-state index is 12.2. The van der Waals surface area contributed by atoms with Crippen LogP contribution in [0, 0.1) is 0 Å². The highest BCUT2D eigenvalue weighted by Crippen LogP contribution is 2.50. The number of benzene rings is 4. The largest absolute Gasteiger partial charge is 0.463 e. The molecular formula is C46H62O7. The van der Waals surface area contributed by atoms with Crippen molar-refractivity contribution in [1.29, 1.82) is 0 Å². The molecule has 0 heterocycles. The van der Waals surface area contributed by atoms with Crippen LogP contribution >= 0.6 is 0 Å². The van der Waals surface area contributed by atoms with Gasteiger partial charge in [-0.2, -0.15) is 0 Å². The zero-order valence-electron chi connectivity index (χ0n) is 34.2. The summed E-state index contributed by atoms with van der Waals surface area (Å²) in [4.78, 5) is 0. The predicted octanol–water partition coefficient (Wildman–Crippen LogP) is 9.07. The molecule has 4 aromatic rings. The summed E-state index contributed by atoms with van der Waals surface area (Å²) in [5.41, 5.74) is -2.57. The first kappa shape index (κ1) is 42.2. The lowest BCUT2D eigenvalue weighted by molar-refractivity contribution is -0.224. The Labute approximate surface area is 317 Å². The molecular weight excluding hydrogens is 664 g/mol. The Bertz CT molecular complexity index is 1840. The van der Waals surface area contributed by atoms with E-state index in [0.29, 0.717) is 50.3 Å². The molecule has 5 N–H and O–H groups in total. The first-order valence-electron chi connectivity index (χ1n) is 18.4. The molecule has 0 aromatic heterocycles. The van der Waals surface area contributed by atoms with Crippen molar-refractivity contribution < 1.29 is 35.0 Å². The fourth-order valence-corrected chi connectivity index (χ4v) is 7.24. The van der Waals surface area contributed by atoms with Crippen LogP contribution in [-0.2, 0) is 38.3 Å². The summed E-state index contributed by atoms with van der Waals surface area (Å²) in [6, 6.07) is 26.6. The number of aliphatic hydroxyl groups is 5. The SMILES string of the molecule is CC(C)(Oc1ccccc1)OC(C)(C)c1cc(C(C)(C)O)cc(C(C)(C)O)c1C(c1ccccc1)c1c(C(C)(C)O)cc(C(C)(C)O)cc1C(C)(C)O. The van der Waals surface area contributed by atoms with Gasteiger partial charge in [-0.25, -0.2) is 0 Å². The van der Waals surface area contributed by atoms with Gasteiger partial charge in [-0.3, -0.25) is 0 Å². The second-order valence-corrected chi connectivity index (χ2v) is 18.0. The molecule has 1 unspecified atom stereocenters. The Morgan fingerprint density at radius 2 is 0.774 bits per heavy atom. The van der Waals surface area contributed by atoms with Gasteiger partial charge in [0.25, 0.3) is 0 Å². The summed E-state index contributed by atoms with van der Waals surface area (Å²) < 4.78 is 13.3. The first-order valence-corrected chi connectivity index (χ1v) is 18.4. The lowest BCUT2D eigenvalue weighted by Crippen LogP contribution is -2.41. The third kappa shape index (κ3) is 9.76. The standard InChI is InChI=1S/C46H62O7/c1-40(2,47)30-25-33(42(5,6)49)38(34(26-30)43(7,8)50)37(29-21-17-15-18-22-29)39-35(44(9,10)51)27-31(41(3,4)48)28-36(39)45(11,12)53-46(13,14)52-32-23-19-16-20-24-32/h15-28,37,47-51H,1-14H3. The van der Waals surface area contributed by atoms with Gasteiger partial charge in [0.15, 0.2) is 0 Å². The normalized spacial score (nSPS) is 14.3. The minimum absolute atomic E-state index is 0.508. The fraction of sp³-hybridized carbons (Fsp3) is 0.478. The monoisotopic (exact) mass is 726 g/mol. The topological polar surface area (TPSA) is 120 Å². The third-order valence-electron chi connectivity index (χ3n) is 9.72. The lowest BCUT2D eigenvalue weighted by Gasteiger charge is -2.42. The van der Waals surface area contributed by atoms with Crippen LogP contribution in [-0.4, -0.2) is 31.3 Å². The summed E-state index contributed by atoms with van der Waals surface area (Å²) >= 11 is 0. The molecule has 53 heavy (non-hydrogen) atoms. The second-order valence-electron chi connectivity index (χ2n) is 18.0. The minimum Gasteiger partial charge on any atom is -0.463 e. The van der Waals surface area contributed by atoms with Crippen molar-refractivity contribution in [2.45, 2.75) is 142 Å². The molecule has 0 saturated carbocycles. The predicted molar refractivity (Wildman–Crippen MR) is 212 cm³/mol. The second kappa shape index (κ2) is 14.3. The van der Waals surface area contributed by atoms with Crippen molar-refractivity contribution in [2.75, 3.05) is 0 Å². The highest BCUT2D eigenvalue weighted by Gasteiger charge is 2.43. The average Bonchev–Trinajstić information content (AvgIpc) is 2.98. The van der Waals surface area contributed by atoms with Crippen LogP contribution in [0.4, 0.5) is 0 Å². The lowest BCUT2D eigenvalue weighted by atomic mass is 9.68. The Morgan fingerprint density at radius 3 is 1.13 bits per heavy atom. The van der Waals surface area contributed by atoms with E-state index in [-0.39, 0.29) is 0 Å². The fourth-order valence-electron chi connectivity index (χ4n) is 7.24. The molecule has 4 aromatic carbocycles. The molecule has 7 nitrogen and oxygen atoms in total. The van der Waals surface area contributed by atoms with E-state index in [2.05, 4.69) is 0 Å². The maximum absolute atomic E-state index is 12.2. The van der Waals surface area contributed by atoms with E-state index in [9.17, 15) is 25.5 Å². The Kier molecular flexibility index (Phi) is 11.3. The van der Waals surface area contributed by atoms with E-state index in [1.54, 1.807) is 69.2 Å². The first-order chi connectivity index (χ1) is 23.9. The van der Waals surface area contributed by atoms with Crippen molar-refractivity contribution in [3.63, 3.8) is 0 Å². The molecule has 0 saturated heterocycles. The van der Waals surface area contributed by atoms with Gasteiger partial charge in [0.2, 0.25) is 5.79 Å². The summed E-state index contributed by atoms with van der Waals surface area (Å²) in [5.74, 6) is -1.22. The van der Waals surface area contributed by atoms with Crippen molar-refractivity contribution in [3.8, 4) is 5.75 Å². The molecule has 0 amide bonds. The van der Waals surface area contributed by atoms with E-state index in [0.717, 1.165) is 5.56 Å². The van der Waals surface area contributed by atoms with Crippen molar-refractivity contribution in [3.05, 3.63) is 135 Å². The van der Waals surface area contributed by atoms with Gasteiger partial charge in [-0.05, 0) is 170 Å². The van der Waals surface area contributed by atoms with Crippen LogP contribution in [0.5, 0.6) is 5.75 Å². The average molecular weight is 727 g/mol. The van der Waals surface area contributed by atoms with Crippen molar-refractivity contribution in [1.82, 2.24) is 0 Å². The zero-order chi connectivity index (χ0) is 40.2. The molecule has 7 heteroatoms. The van der Waals surface area contributed by atoms with Gasteiger partial charge < -0.3 is 35.0 Å². The Hall–Kier alpha value is -3.56. The van der Waals surface area contributed by atoms with Crippen LogP contribution in [0.3, 0.4) is 0 Å². The molecule has 0 aliphatic carbocycles. The molecule has 288 valence electrons. The van der Waals surface area contributed by atoms with Gasteiger partial charge >= 0.3 is 0 Å². The zero-order valence-corrected chi connectivity index (χ0v) is 34.2. The van der Waals surface area contributed by atoms with Crippen LogP contribution in [0.25, 0.3) is 0 Å². The van der Waals surface area contributed by atoms with Crippen LogP contribution in [0.15, 0.2) is 84.9 Å². The van der Waals surface area contributed by atoms with E-state index in [1.807, 2.05) is 113 Å². The summed E-state index contributed by atoms with van der Waals surface area (Å²) in [6.07, 6.45) is 0.